The topological polar surface area (TPSA) is 106 Å². The number of hydrogen-bond acceptors (Lipinski definition) is 5. The van der Waals surface area contributed by atoms with Gasteiger partial charge in [-0.2, -0.15) is 22.3 Å². The van der Waals surface area contributed by atoms with Crippen LogP contribution in [0.5, 0.6) is 0 Å². The Morgan fingerprint density at radius 2 is 1.33 bits per heavy atom. The molecule has 0 aliphatic heterocycles. The fourth-order valence-corrected chi connectivity index (χ4v) is 2.76. The molecule has 0 bridgehead atoms. The van der Waals surface area contributed by atoms with Crippen LogP contribution in [0.3, 0.4) is 0 Å². The van der Waals surface area contributed by atoms with Gasteiger partial charge >= 0.3 is 0 Å². The number of hydrogen-bond donors (Lipinski definition) is 2. The lowest BCUT2D eigenvalue weighted by Gasteiger charge is -2.12. The van der Waals surface area contributed by atoms with Gasteiger partial charge in [0.05, 0.1) is 24.0 Å². The number of carbonyl (C=O) groups excluding carboxylic acids is 2. The van der Waals surface area contributed by atoms with Crippen molar-refractivity contribution in [1.29, 1.82) is 10.5 Å². The van der Waals surface area contributed by atoms with Gasteiger partial charge in [0.1, 0.15) is 0 Å². The van der Waals surface area contributed by atoms with Gasteiger partial charge in [-0.3, -0.25) is 9.59 Å². The fraction of sp³-hybridized carbons (Fsp3) is 0.714. The molecule has 0 aliphatic rings. The van der Waals surface area contributed by atoms with E-state index in [0.717, 1.165) is 0 Å². The molecule has 116 valence electrons. The van der Waals surface area contributed by atoms with Gasteiger partial charge in [0, 0.05) is 38.4 Å². The smallest absolute Gasteiger partial charge is 0.216 e. The highest BCUT2D eigenvalue weighted by Crippen LogP contribution is 2.16. The molecule has 0 saturated carbocycles. The first-order valence-electron chi connectivity index (χ1n) is 6.85. The van der Waals surface area contributed by atoms with Crippen LogP contribution in [-0.2, 0) is 9.59 Å². The first-order chi connectivity index (χ1) is 9.99. The van der Waals surface area contributed by atoms with Crippen molar-refractivity contribution in [2.75, 3.05) is 24.6 Å². The van der Waals surface area contributed by atoms with Crippen LogP contribution in [0.15, 0.2) is 0 Å². The molecule has 0 radical (unpaired) electrons. The van der Waals surface area contributed by atoms with E-state index >= 15 is 0 Å². The minimum Gasteiger partial charge on any atom is -0.356 e. The third kappa shape index (κ3) is 11.8. The van der Waals surface area contributed by atoms with Gasteiger partial charge in [0.2, 0.25) is 11.8 Å². The van der Waals surface area contributed by atoms with Gasteiger partial charge in [0.25, 0.3) is 0 Å². The standard InChI is InChI=1S/C14H22N4O2S/c1-11(19)17-5-3-13(7-15)9-21-10-14(8-16)4-6-18-12(2)20/h13-14H,3-6,9-10H2,1-2H3,(H,17,19)(H,18,20). The van der Waals surface area contributed by atoms with Crippen molar-refractivity contribution in [3.05, 3.63) is 0 Å². The van der Waals surface area contributed by atoms with Gasteiger partial charge in [-0.15, -0.1) is 0 Å². The first-order valence-corrected chi connectivity index (χ1v) is 8.00. The highest BCUT2D eigenvalue weighted by Gasteiger charge is 2.12. The Bertz CT molecular complexity index is 376. The first kappa shape index (κ1) is 19.3. The van der Waals surface area contributed by atoms with E-state index in [2.05, 4.69) is 22.8 Å². The van der Waals surface area contributed by atoms with E-state index in [4.69, 9.17) is 10.5 Å². The van der Waals surface area contributed by atoms with Crippen LogP contribution in [0.25, 0.3) is 0 Å². The molecule has 2 amide bonds. The predicted molar refractivity (Wildman–Crippen MR) is 82.1 cm³/mol. The molecule has 0 spiro atoms. The van der Waals surface area contributed by atoms with Crippen molar-refractivity contribution in [2.45, 2.75) is 26.7 Å². The van der Waals surface area contributed by atoms with Crippen molar-refractivity contribution in [1.82, 2.24) is 10.6 Å². The Morgan fingerprint density at radius 1 is 0.952 bits per heavy atom. The summed E-state index contributed by atoms with van der Waals surface area (Å²) in [5, 5.41) is 23.4. The van der Waals surface area contributed by atoms with Gasteiger partial charge < -0.3 is 10.6 Å². The molecule has 2 atom stereocenters. The summed E-state index contributed by atoms with van der Waals surface area (Å²) in [7, 11) is 0. The van der Waals surface area contributed by atoms with E-state index in [0.29, 0.717) is 37.4 Å². The van der Waals surface area contributed by atoms with Crippen LogP contribution in [0.2, 0.25) is 0 Å². The molecule has 2 unspecified atom stereocenters. The van der Waals surface area contributed by atoms with E-state index in [-0.39, 0.29) is 23.7 Å². The number of nitrogens with one attached hydrogen (secondary N) is 2. The number of nitrogens with zero attached hydrogens (tertiary/aromatic N) is 2. The van der Waals surface area contributed by atoms with Gasteiger partial charge in [-0.05, 0) is 12.8 Å². The van der Waals surface area contributed by atoms with Crippen LogP contribution in [0.4, 0.5) is 0 Å². The monoisotopic (exact) mass is 310 g/mol. The molecule has 21 heavy (non-hydrogen) atoms. The summed E-state index contributed by atoms with van der Waals surface area (Å²) >= 11 is 1.57. The van der Waals surface area contributed by atoms with E-state index in [1.807, 2.05) is 0 Å². The SMILES string of the molecule is CC(=O)NCCC(C#N)CSCC(C#N)CCNC(C)=O. The van der Waals surface area contributed by atoms with Crippen molar-refractivity contribution >= 4 is 23.6 Å². The second-order valence-corrected chi connectivity index (χ2v) is 5.81. The molecular weight excluding hydrogens is 288 g/mol. The fourth-order valence-electron chi connectivity index (χ4n) is 1.57. The molecule has 0 aromatic rings. The zero-order chi connectivity index (χ0) is 16.1. The zero-order valence-electron chi connectivity index (χ0n) is 12.5. The van der Waals surface area contributed by atoms with E-state index in [1.165, 1.54) is 13.8 Å². The maximum Gasteiger partial charge on any atom is 0.216 e. The number of nitriles is 2. The third-order valence-corrected chi connectivity index (χ3v) is 4.01. The molecule has 0 fully saturated rings. The van der Waals surface area contributed by atoms with Gasteiger partial charge in [-0.25, -0.2) is 0 Å². The van der Waals surface area contributed by atoms with Gasteiger partial charge in [0.15, 0.2) is 0 Å². The Morgan fingerprint density at radius 3 is 1.62 bits per heavy atom. The Labute approximate surface area is 130 Å². The van der Waals surface area contributed by atoms with Crippen LogP contribution in [0, 0.1) is 34.5 Å². The zero-order valence-corrected chi connectivity index (χ0v) is 13.3. The quantitative estimate of drug-likeness (QED) is 0.627. The predicted octanol–water partition coefficient (Wildman–Crippen LogP) is 1.05. The van der Waals surface area contributed by atoms with Crippen LogP contribution < -0.4 is 10.6 Å². The summed E-state index contributed by atoms with van der Waals surface area (Å²) in [5.74, 6) is 0.847. The Kier molecular flexibility index (Phi) is 11.1. The molecule has 0 saturated heterocycles. The van der Waals surface area contributed by atoms with Crippen molar-refractivity contribution in [3.8, 4) is 12.1 Å². The average molecular weight is 310 g/mol. The maximum absolute atomic E-state index is 10.7. The lowest BCUT2D eigenvalue weighted by atomic mass is 10.1. The highest BCUT2D eigenvalue weighted by molar-refractivity contribution is 7.99. The molecule has 0 heterocycles. The normalized spacial score (nSPS) is 12.6. The summed E-state index contributed by atoms with van der Waals surface area (Å²) in [5.41, 5.74) is 0. The molecule has 0 aromatic heterocycles. The highest BCUT2D eigenvalue weighted by atomic mass is 32.2. The van der Waals surface area contributed by atoms with Crippen molar-refractivity contribution in [3.63, 3.8) is 0 Å². The molecule has 0 aromatic carbocycles. The van der Waals surface area contributed by atoms with Crippen molar-refractivity contribution < 1.29 is 9.59 Å². The summed E-state index contributed by atoms with van der Waals surface area (Å²) in [6.07, 6.45) is 1.23. The average Bonchev–Trinajstić information content (AvgIpc) is 2.43. The molecule has 7 heteroatoms. The number of amides is 2. The molecular formula is C14H22N4O2S. The summed E-state index contributed by atoms with van der Waals surface area (Å²) in [4.78, 5) is 21.5. The van der Waals surface area contributed by atoms with Crippen LogP contribution in [0.1, 0.15) is 26.7 Å². The lowest BCUT2D eigenvalue weighted by Crippen LogP contribution is -2.24. The number of thioether (sulfide) groups is 1. The summed E-state index contributed by atoms with van der Waals surface area (Å²) in [6.45, 7) is 3.89. The molecule has 0 rings (SSSR count). The van der Waals surface area contributed by atoms with Gasteiger partial charge in [-0.1, -0.05) is 0 Å². The summed E-state index contributed by atoms with van der Waals surface area (Å²) in [6, 6.07) is 4.43. The number of rotatable bonds is 10. The lowest BCUT2D eigenvalue weighted by molar-refractivity contribution is -0.119. The van der Waals surface area contributed by atoms with E-state index in [1.54, 1.807) is 11.8 Å². The summed E-state index contributed by atoms with van der Waals surface area (Å²) < 4.78 is 0. The molecule has 2 N–H and O–H groups in total. The van der Waals surface area contributed by atoms with Crippen molar-refractivity contribution in [2.24, 2.45) is 11.8 Å². The Hall–Kier alpha value is -1.73. The van der Waals surface area contributed by atoms with Crippen LogP contribution in [-0.4, -0.2) is 36.4 Å². The largest absolute Gasteiger partial charge is 0.356 e. The van der Waals surface area contributed by atoms with Crippen LogP contribution >= 0.6 is 11.8 Å². The minimum atomic E-state index is -0.128. The number of carbonyl (C=O) groups is 2. The second-order valence-electron chi connectivity index (χ2n) is 4.73. The third-order valence-electron chi connectivity index (χ3n) is 2.74. The second kappa shape index (κ2) is 12.0. The minimum absolute atomic E-state index is 0.0955. The molecule has 0 aliphatic carbocycles. The van der Waals surface area contributed by atoms with E-state index < -0.39 is 0 Å². The maximum atomic E-state index is 10.7. The van der Waals surface area contributed by atoms with E-state index in [9.17, 15) is 9.59 Å². The molecule has 6 nitrogen and oxygen atoms in total. The Balaban J connectivity index is 3.85.